The Morgan fingerprint density at radius 2 is 1.23 bits per heavy atom. The molecule has 0 aromatic heterocycles. The summed E-state index contributed by atoms with van der Waals surface area (Å²) in [5.41, 5.74) is 5.15. The van der Waals surface area contributed by atoms with Gasteiger partial charge in [0.25, 0.3) is 0 Å². The minimum atomic E-state index is -0.409. The highest BCUT2D eigenvalue weighted by Crippen LogP contribution is 2.61. The average Bonchev–Trinajstić information content (AvgIpc) is 3.15. The van der Waals surface area contributed by atoms with Crippen LogP contribution in [0.4, 0.5) is 5.69 Å². The molecule has 7 rings (SSSR count). The Morgan fingerprint density at radius 3 is 1.69 bits per heavy atom. The number of hydrogen-bond acceptors (Lipinski definition) is 4. The lowest BCUT2D eigenvalue weighted by atomic mass is 9.55. The zero-order chi connectivity index (χ0) is 24.1. The number of anilines is 1. The van der Waals surface area contributed by atoms with Gasteiger partial charge in [-0.15, -0.1) is 0 Å². The predicted octanol–water partition coefficient (Wildman–Crippen LogP) is 5.57. The molecule has 35 heavy (non-hydrogen) atoms. The molecule has 2 amide bonds. The number of imide groups is 1. The lowest BCUT2D eigenvalue weighted by molar-refractivity contribution is -0.134. The lowest BCUT2D eigenvalue weighted by Gasteiger charge is -2.45. The van der Waals surface area contributed by atoms with Gasteiger partial charge in [-0.25, -0.2) is 4.90 Å². The Hall–Kier alpha value is -3.73. The third-order valence-corrected chi connectivity index (χ3v) is 7.76. The number of hydrogen-bond donors (Lipinski definition) is 0. The molecule has 5 nitrogen and oxygen atoms in total. The summed E-state index contributed by atoms with van der Waals surface area (Å²) in [4.78, 5) is 41.0. The van der Waals surface area contributed by atoms with E-state index in [-0.39, 0.29) is 29.6 Å². The first-order valence-corrected chi connectivity index (χ1v) is 12.5. The van der Waals surface area contributed by atoms with Crippen molar-refractivity contribution in [3.8, 4) is 5.75 Å². The quantitative estimate of drug-likeness (QED) is 0.207. The van der Waals surface area contributed by atoms with Gasteiger partial charge in [0.1, 0.15) is 5.75 Å². The van der Waals surface area contributed by atoms with Crippen LogP contribution in [0.3, 0.4) is 0 Å². The third-order valence-electron chi connectivity index (χ3n) is 7.76. The third kappa shape index (κ3) is 3.33. The SMILES string of the molecule is CCCCCC(=O)Oc1ccc(N2C(=O)[C@@H]3C4c5ccccc5C(c5ccccc54)[C@@H]3C2=O)cc1. The summed E-state index contributed by atoms with van der Waals surface area (Å²) in [7, 11) is 0. The molecule has 5 heteroatoms. The zero-order valence-corrected chi connectivity index (χ0v) is 19.6. The van der Waals surface area contributed by atoms with Crippen LogP contribution >= 0.6 is 0 Å². The Labute approximate surface area is 204 Å². The second kappa shape index (κ2) is 8.49. The Morgan fingerprint density at radius 1 is 0.743 bits per heavy atom. The Bertz CT molecular complexity index is 1210. The number of amides is 2. The van der Waals surface area contributed by atoms with E-state index in [4.69, 9.17) is 4.74 Å². The molecule has 0 radical (unpaired) electrons. The van der Waals surface area contributed by atoms with Gasteiger partial charge in [0, 0.05) is 18.3 Å². The number of benzene rings is 3. The van der Waals surface area contributed by atoms with Crippen molar-refractivity contribution in [3.63, 3.8) is 0 Å². The molecule has 0 unspecified atom stereocenters. The maximum Gasteiger partial charge on any atom is 0.311 e. The van der Waals surface area contributed by atoms with E-state index in [9.17, 15) is 14.4 Å². The minimum absolute atomic E-state index is 0.123. The standard InChI is InChI=1S/C30H27NO4/c1-2-3-4-13-24(32)35-19-16-14-18(15-17-19)31-29(33)27-25-20-9-5-6-10-21(20)26(28(27)30(31)34)23-12-8-7-11-22(23)25/h5-12,14-17,25-28H,2-4,13H2,1H3/t25?,26?,27-,28+. The van der Waals surface area contributed by atoms with Gasteiger partial charge < -0.3 is 4.74 Å². The highest BCUT2D eigenvalue weighted by Gasteiger charge is 2.61. The second-order valence-corrected chi connectivity index (χ2v) is 9.70. The summed E-state index contributed by atoms with van der Waals surface area (Å²) in [5, 5.41) is 0. The van der Waals surface area contributed by atoms with Crippen molar-refractivity contribution in [2.75, 3.05) is 4.90 Å². The number of ether oxygens (including phenoxy) is 1. The summed E-state index contributed by atoms with van der Waals surface area (Å²) >= 11 is 0. The molecule has 0 saturated carbocycles. The molecule has 1 saturated heterocycles. The number of esters is 1. The molecule has 3 aromatic rings. The molecule has 1 aliphatic heterocycles. The van der Waals surface area contributed by atoms with Gasteiger partial charge in [-0.05, 0) is 52.9 Å². The molecule has 2 bridgehead atoms. The first-order chi connectivity index (χ1) is 17.1. The summed E-state index contributed by atoms with van der Waals surface area (Å²) in [5.74, 6) is -1.21. The van der Waals surface area contributed by atoms with Crippen molar-refractivity contribution < 1.29 is 19.1 Å². The zero-order valence-electron chi connectivity index (χ0n) is 19.6. The van der Waals surface area contributed by atoms with Crippen molar-refractivity contribution in [3.05, 3.63) is 95.1 Å². The van der Waals surface area contributed by atoms with E-state index in [1.807, 2.05) is 24.3 Å². The van der Waals surface area contributed by atoms with Crippen LogP contribution in [0.25, 0.3) is 0 Å². The number of nitrogens with zero attached hydrogens (tertiary/aromatic N) is 1. The molecule has 4 aliphatic rings. The summed E-state index contributed by atoms with van der Waals surface area (Å²) in [6.45, 7) is 2.09. The molecular weight excluding hydrogens is 438 g/mol. The van der Waals surface area contributed by atoms with Crippen molar-refractivity contribution in [2.24, 2.45) is 11.8 Å². The number of carbonyl (C=O) groups excluding carboxylic acids is 3. The van der Waals surface area contributed by atoms with Crippen molar-refractivity contribution >= 4 is 23.5 Å². The average molecular weight is 466 g/mol. The Kier molecular flexibility index (Phi) is 5.28. The molecule has 3 aromatic carbocycles. The van der Waals surface area contributed by atoms with E-state index >= 15 is 0 Å². The smallest absolute Gasteiger partial charge is 0.311 e. The van der Waals surface area contributed by atoms with Crippen LogP contribution in [0, 0.1) is 11.8 Å². The predicted molar refractivity (Wildman–Crippen MR) is 132 cm³/mol. The van der Waals surface area contributed by atoms with Gasteiger partial charge >= 0.3 is 5.97 Å². The van der Waals surface area contributed by atoms with E-state index in [1.165, 1.54) is 4.90 Å². The number of unbranched alkanes of at least 4 members (excludes halogenated alkanes) is 2. The van der Waals surface area contributed by atoms with E-state index in [1.54, 1.807) is 24.3 Å². The van der Waals surface area contributed by atoms with Crippen molar-refractivity contribution in [1.29, 1.82) is 0 Å². The van der Waals surface area contributed by atoms with Gasteiger partial charge in [-0.2, -0.15) is 0 Å². The highest BCUT2D eigenvalue weighted by atomic mass is 16.5. The molecule has 3 aliphatic carbocycles. The van der Waals surface area contributed by atoms with Crippen LogP contribution < -0.4 is 9.64 Å². The monoisotopic (exact) mass is 465 g/mol. The van der Waals surface area contributed by atoms with Gasteiger partial charge in [0.2, 0.25) is 11.8 Å². The van der Waals surface area contributed by atoms with E-state index in [0.717, 1.165) is 41.5 Å². The van der Waals surface area contributed by atoms with E-state index in [0.29, 0.717) is 17.9 Å². The maximum absolute atomic E-state index is 13.8. The van der Waals surface area contributed by atoms with Crippen LogP contribution in [-0.2, 0) is 14.4 Å². The summed E-state index contributed by atoms with van der Waals surface area (Å²) < 4.78 is 5.43. The fourth-order valence-electron chi connectivity index (χ4n) is 6.30. The van der Waals surface area contributed by atoms with Crippen LogP contribution in [0.5, 0.6) is 5.75 Å². The fraction of sp³-hybridized carbons (Fsp3) is 0.300. The number of rotatable bonds is 6. The summed E-state index contributed by atoms with van der Waals surface area (Å²) in [6.07, 6.45) is 3.22. The van der Waals surface area contributed by atoms with E-state index < -0.39 is 11.8 Å². The van der Waals surface area contributed by atoms with E-state index in [2.05, 4.69) is 31.2 Å². The van der Waals surface area contributed by atoms with Crippen LogP contribution in [-0.4, -0.2) is 17.8 Å². The van der Waals surface area contributed by atoms with Crippen LogP contribution in [0.15, 0.2) is 72.8 Å². The van der Waals surface area contributed by atoms with Crippen molar-refractivity contribution in [2.45, 2.75) is 44.4 Å². The van der Waals surface area contributed by atoms with Gasteiger partial charge in [-0.3, -0.25) is 14.4 Å². The maximum atomic E-state index is 13.8. The molecule has 176 valence electrons. The molecule has 0 N–H and O–H groups in total. The lowest BCUT2D eigenvalue weighted by Crippen LogP contribution is -2.41. The van der Waals surface area contributed by atoms with Crippen LogP contribution in [0.1, 0.15) is 66.7 Å². The Balaban J connectivity index is 1.31. The topological polar surface area (TPSA) is 63.7 Å². The first kappa shape index (κ1) is 21.8. The highest BCUT2D eigenvalue weighted by molar-refractivity contribution is 6.23. The fourth-order valence-corrected chi connectivity index (χ4v) is 6.30. The molecule has 1 heterocycles. The van der Waals surface area contributed by atoms with Gasteiger partial charge in [0.15, 0.2) is 0 Å². The molecule has 0 spiro atoms. The summed E-state index contributed by atoms with van der Waals surface area (Å²) in [6, 6.07) is 23.2. The largest absolute Gasteiger partial charge is 0.427 e. The van der Waals surface area contributed by atoms with Crippen LogP contribution in [0.2, 0.25) is 0 Å². The van der Waals surface area contributed by atoms with Gasteiger partial charge in [0.05, 0.1) is 17.5 Å². The minimum Gasteiger partial charge on any atom is -0.427 e. The first-order valence-electron chi connectivity index (χ1n) is 12.5. The van der Waals surface area contributed by atoms with Gasteiger partial charge in [-0.1, -0.05) is 68.3 Å². The van der Waals surface area contributed by atoms with Crippen molar-refractivity contribution in [1.82, 2.24) is 0 Å². The molecule has 1 fully saturated rings. The second-order valence-electron chi connectivity index (χ2n) is 9.70. The number of carbonyl (C=O) groups is 3. The normalized spacial score (nSPS) is 23.6. The molecular formula is C30H27NO4. The molecule has 2 atom stereocenters.